The number of hydrogen-bond donors (Lipinski definition) is 1. The first-order valence-corrected chi connectivity index (χ1v) is 6.33. The Labute approximate surface area is 103 Å². The van der Waals surface area contributed by atoms with E-state index < -0.39 is 11.1 Å². The second kappa shape index (κ2) is 5.07. The molecule has 1 fully saturated rings. The molecule has 1 rings (SSSR count). The molecule has 0 bridgehead atoms. The summed E-state index contributed by atoms with van der Waals surface area (Å²) in [5.41, 5.74) is -1.29. The van der Waals surface area contributed by atoms with E-state index >= 15 is 0 Å². The minimum Gasteiger partial charge on any atom is -0.458 e. The molecule has 4 heteroatoms. The fourth-order valence-electron chi connectivity index (χ4n) is 2.09. The smallest absolute Gasteiger partial charge is 0.332 e. The van der Waals surface area contributed by atoms with Crippen LogP contribution in [0.1, 0.15) is 59.8 Å². The molecular weight excluding hydrogens is 218 g/mol. The van der Waals surface area contributed by atoms with Crippen LogP contribution in [0.3, 0.4) is 0 Å². The van der Waals surface area contributed by atoms with Gasteiger partial charge in [-0.1, -0.05) is 19.8 Å². The van der Waals surface area contributed by atoms with Crippen LogP contribution in [-0.2, 0) is 14.3 Å². The highest BCUT2D eigenvalue weighted by Gasteiger charge is 2.44. The topological polar surface area (TPSA) is 55.4 Å². The fraction of sp³-hybridized carbons (Fsp3) is 0.846. The molecule has 0 atom stereocenters. The molecule has 0 aromatic rings. The van der Waals surface area contributed by atoms with Crippen molar-refractivity contribution in [3.8, 4) is 0 Å². The van der Waals surface area contributed by atoms with Crippen molar-refractivity contribution in [3.63, 3.8) is 0 Å². The second-order valence-corrected chi connectivity index (χ2v) is 5.69. The van der Waals surface area contributed by atoms with Crippen molar-refractivity contribution in [1.29, 1.82) is 0 Å². The maximum atomic E-state index is 12.2. The van der Waals surface area contributed by atoms with Gasteiger partial charge in [-0.3, -0.25) is 4.79 Å². The van der Waals surface area contributed by atoms with E-state index in [0.29, 0.717) is 19.3 Å². The van der Waals surface area contributed by atoms with E-state index in [-0.39, 0.29) is 11.9 Å². The minimum absolute atomic E-state index is 0.0854. The van der Waals surface area contributed by atoms with Crippen molar-refractivity contribution in [3.05, 3.63) is 0 Å². The van der Waals surface area contributed by atoms with Gasteiger partial charge in [0.15, 0.2) is 0 Å². The van der Waals surface area contributed by atoms with Crippen LogP contribution in [0.25, 0.3) is 0 Å². The number of nitrogens with one attached hydrogen (secondary N) is 1. The Balaban J connectivity index is 2.77. The summed E-state index contributed by atoms with van der Waals surface area (Å²) in [6.45, 7) is 7.31. The molecule has 1 aliphatic carbocycles. The SMILES string of the molecule is CCC(=O)NC1(C(=O)OC(C)(C)C)CCCC1. The molecular formula is C13H23NO3. The summed E-state index contributed by atoms with van der Waals surface area (Å²) in [7, 11) is 0. The standard InChI is InChI=1S/C13H23NO3/c1-5-10(15)14-13(8-6-7-9-13)11(16)17-12(2,3)4/h5-9H2,1-4H3,(H,14,15). The highest BCUT2D eigenvalue weighted by molar-refractivity contribution is 5.88. The largest absolute Gasteiger partial charge is 0.458 e. The molecule has 0 spiro atoms. The zero-order valence-electron chi connectivity index (χ0n) is 11.3. The van der Waals surface area contributed by atoms with Crippen molar-refractivity contribution < 1.29 is 14.3 Å². The summed E-state index contributed by atoms with van der Waals surface area (Å²) in [4.78, 5) is 23.7. The van der Waals surface area contributed by atoms with Gasteiger partial charge in [-0.25, -0.2) is 4.79 Å². The van der Waals surface area contributed by atoms with Crippen molar-refractivity contribution in [2.75, 3.05) is 0 Å². The van der Waals surface area contributed by atoms with Gasteiger partial charge in [0.1, 0.15) is 11.1 Å². The van der Waals surface area contributed by atoms with Gasteiger partial charge < -0.3 is 10.1 Å². The molecule has 1 amide bonds. The lowest BCUT2D eigenvalue weighted by atomic mass is 9.97. The van der Waals surface area contributed by atoms with Crippen LogP contribution in [0, 0.1) is 0 Å². The summed E-state index contributed by atoms with van der Waals surface area (Å²) < 4.78 is 5.42. The summed E-state index contributed by atoms with van der Waals surface area (Å²) in [6.07, 6.45) is 3.69. The molecule has 1 aliphatic rings. The van der Waals surface area contributed by atoms with E-state index in [1.807, 2.05) is 20.8 Å². The molecule has 17 heavy (non-hydrogen) atoms. The molecule has 4 nitrogen and oxygen atoms in total. The lowest BCUT2D eigenvalue weighted by Crippen LogP contribution is -2.54. The molecule has 1 saturated carbocycles. The summed E-state index contributed by atoms with van der Waals surface area (Å²) in [5.74, 6) is -0.373. The Kier molecular flexibility index (Phi) is 4.17. The molecule has 98 valence electrons. The van der Waals surface area contributed by atoms with Gasteiger partial charge in [0.2, 0.25) is 5.91 Å². The Morgan fingerprint density at radius 1 is 1.24 bits per heavy atom. The third-order valence-corrected chi connectivity index (χ3v) is 2.95. The number of hydrogen-bond acceptors (Lipinski definition) is 3. The van der Waals surface area contributed by atoms with Gasteiger partial charge in [0, 0.05) is 6.42 Å². The predicted octanol–water partition coefficient (Wildman–Crippen LogP) is 2.17. The van der Waals surface area contributed by atoms with Crippen LogP contribution < -0.4 is 5.32 Å². The molecule has 0 aromatic carbocycles. The molecule has 0 saturated heterocycles. The van der Waals surface area contributed by atoms with Gasteiger partial charge >= 0.3 is 5.97 Å². The minimum atomic E-state index is -0.777. The van der Waals surface area contributed by atoms with Crippen molar-refractivity contribution in [2.24, 2.45) is 0 Å². The van der Waals surface area contributed by atoms with E-state index in [1.54, 1.807) is 6.92 Å². The average molecular weight is 241 g/mol. The first-order chi connectivity index (χ1) is 7.79. The average Bonchev–Trinajstić information content (AvgIpc) is 2.65. The number of carbonyl (C=O) groups excluding carboxylic acids is 2. The van der Waals surface area contributed by atoms with Crippen molar-refractivity contribution in [1.82, 2.24) is 5.32 Å². The van der Waals surface area contributed by atoms with Crippen LogP contribution in [0.4, 0.5) is 0 Å². The van der Waals surface area contributed by atoms with Crippen LogP contribution >= 0.6 is 0 Å². The Morgan fingerprint density at radius 2 is 1.76 bits per heavy atom. The fourth-order valence-corrected chi connectivity index (χ4v) is 2.09. The maximum Gasteiger partial charge on any atom is 0.332 e. The molecule has 1 N–H and O–H groups in total. The van der Waals surface area contributed by atoms with Gasteiger partial charge in [0.05, 0.1) is 0 Å². The number of rotatable bonds is 3. The quantitative estimate of drug-likeness (QED) is 0.770. The molecule has 0 heterocycles. The van der Waals surface area contributed by atoms with E-state index in [1.165, 1.54) is 0 Å². The van der Waals surface area contributed by atoms with Gasteiger partial charge in [0.25, 0.3) is 0 Å². The third-order valence-electron chi connectivity index (χ3n) is 2.95. The van der Waals surface area contributed by atoms with E-state index in [4.69, 9.17) is 4.74 Å². The van der Waals surface area contributed by atoms with E-state index in [0.717, 1.165) is 12.8 Å². The van der Waals surface area contributed by atoms with Gasteiger partial charge in [-0.15, -0.1) is 0 Å². The zero-order valence-corrected chi connectivity index (χ0v) is 11.3. The lowest BCUT2D eigenvalue weighted by molar-refractivity contribution is -0.164. The predicted molar refractivity (Wildman–Crippen MR) is 65.5 cm³/mol. The molecule has 0 aliphatic heterocycles. The van der Waals surface area contributed by atoms with Crippen LogP contribution in [0.2, 0.25) is 0 Å². The zero-order chi connectivity index (χ0) is 13.1. The third kappa shape index (κ3) is 3.72. The lowest BCUT2D eigenvalue weighted by Gasteiger charge is -2.31. The molecule has 0 unspecified atom stereocenters. The highest BCUT2D eigenvalue weighted by atomic mass is 16.6. The number of esters is 1. The van der Waals surface area contributed by atoms with E-state index in [2.05, 4.69) is 5.32 Å². The van der Waals surface area contributed by atoms with Crippen LogP contribution in [0.5, 0.6) is 0 Å². The Hall–Kier alpha value is -1.06. The van der Waals surface area contributed by atoms with Crippen molar-refractivity contribution >= 4 is 11.9 Å². The summed E-state index contributed by atoms with van der Waals surface area (Å²) in [5, 5.41) is 2.85. The maximum absolute atomic E-state index is 12.2. The molecule has 0 aromatic heterocycles. The number of amides is 1. The van der Waals surface area contributed by atoms with Crippen LogP contribution in [-0.4, -0.2) is 23.0 Å². The Bertz CT molecular complexity index is 298. The first kappa shape index (κ1) is 14.0. The normalized spacial score (nSPS) is 18.8. The first-order valence-electron chi connectivity index (χ1n) is 6.33. The monoisotopic (exact) mass is 241 g/mol. The van der Waals surface area contributed by atoms with E-state index in [9.17, 15) is 9.59 Å². The Morgan fingerprint density at radius 3 is 2.18 bits per heavy atom. The summed E-state index contributed by atoms with van der Waals surface area (Å²) >= 11 is 0. The second-order valence-electron chi connectivity index (χ2n) is 5.69. The van der Waals surface area contributed by atoms with Crippen LogP contribution in [0.15, 0.2) is 0 Å². The van der Waals surface area contributed by atoms with Crippen molar-refractivity contribution in [2.45, 2.75) is 70.9 Å². The molecule has 0 radical (unpaired) electrons. The van der Waals surface area contributed by atoms with Gasteiger partial charge in [-0.05, 0) is 33.6 Å². The number of ether oxygens (including phenoxy) is 1. The highest BCUT2D eigenvalue weighted by Crippen LogP contribution is 2.32. The van der Waals surface area contributed by atoms with Gasteiger partial charge in [-0.2, -0.15) is 0 Å². The number of carbonyl (C=O) groups is 2. The summed E-state index contributed by atoms with van der Waals surface area (Å²) in [6, 6.07) is 0.